The van der Waals surface area contributed by atoms with Crippen molar-refractivity contribution in [2.45, 2.75) is 58.2 Å². The second kappa shape index (κ2) is 4.62. The Balaban J connectivity index is 1.62. The average molecular weight is 276 g/mol. The predicted molar refractivity (Wildman–Crippen MR) is 78.3 cm³/mol. The first-order chi connectivity index (χ1) is 9.33. The van der Waals surface area contributed by atoms with Crippen LogP contribution in [0.4, 0.5) is 4.79 Å². The second-order valence-corrected chi connectivity index (χ2v) is 7.11. The smallest absolute Gasteiger partial charge is 0.414 e. The Labute approximate surface area is 121 Å². The zero-order valence-corrected chi connectivity index (χ0v) is 12.8. The molecule has 0 saturated heterocycles. The van der Waals surface area contributed by atoms with Crippen LogP contribution in [0.1, 0.15) is 40.5 Å². The molecule has 3 aliphatic rings. The van der Waals surface area contributed by atoms with Crippen molar-refractivity contribution in [3.05, 3.63) is 23.4 Å². The summed E-state index contributed by atoms with van der Waals surface area (Å²) in [7, 11) is 0. The Morgan fingerprint density at radius 1 is 1.30 bits per heavy atom. The largest absolute Gasteiger partial charge is 0.443 e. The van der Waals surface area contributed by atoms with Crippen molar-refractivity contribution >= 4 is 6.09 Å². The Bertz CT molecular complexity index is 487. The minimum absolute atomic E-state index is 0.205. The van der Waals surface area contributed by atoms with E-state index in [1.165, 1.54) is 18.4 Å². The molecule has 0 aromatic rings. The molecule has 110 valence electrons. The zero-order chi connectivity index (χ0) is 14.5. The van der Waals surface area contributed by atoms with E-state index in [-0.39, 0.29) is 6.09 Å². The van der Waals surface area contributed by atoms with Gasteiger partial charge in [-0.2, -0.15) is 0 Å². The molecule has 0 fully saturated rings. The predicted octanol–water partition coefficient (Wildman–Crippen LogP) is 2.91. The van der Waals surface area contributed by atoms with Gasteiger partial charge >= 0.3 is 6.09 Å². The first-order valence-electron chi connectivity index (χ1n) is 7.48. The summed E-state index contributed by atoms with van der Waals surface area (Å²) in [6.45, 7) is 9.55. The average Bonchev–Trinajstić information content (AvgIpc) is 2.99. The standard InChI is InChI=1S/C16H24N2O2/c1-11-5-6-12(7-11)17-9-14-8-13(17)10-18(14)15(19)20-16(2,3)4/h7-8,12-13H,5-6,9-10H2,1-4H3/t12?,13-/m0/s1. The highest BCUT2D eigenvalue weighted by atomic mass is 16.6. The third-order valence-electron chi connectivity index (χ3n) is 4.22. The van der Waals surface area contributed by atoms with Gasteiger partial charge in [0.1, 0.15) is 5.60 Å². The van der Waals surface area contributed by atoms with Crippen LogP contribution in [-0.2, 0) is 4.74 Å². The number of nitrogens with zero attached hydrogens (tertiary/aromatic N) is 2. The molecule has 0 radical (unpaired) electrons. The molecule has 2 aliphatic heterocycles. The van der Waals surface area contributed by atoms with Gasteiger partial charge in [-0.05, 0) is 46.6 Å². The molecule has 0 N–H and O–H groups in total. The van der Waals surface area contributed by atoms with E-state index in [9.17, 15) is 4.79 Å². The lowest BCUT2D eigenvalue weighted by Gasteiger charge is -2.37. The van der Waals surface area contributed by atoms with Crippen LogP contribution in [-0.4, -0.2) is 46.7 Å². The van der Waals surface area contributed by atoms with Crippen LogP contribution in [0.25, 0.3) is 0 Å². The molecule has 4 heteroatoms. The van der Waals surface area contributed by atoms with Crippen molar-refractivity contribution < 1.29 is 9.53 Å². The van der Waals surface area contributed by atoms with E-state index in [0.29, 0.717) is 12.1 Å². The van der Waals surface area contributed by atoms with E-state index in [4.69, 9.17) is 4.74 Å². The van der Waals surface area contributed by atoms with Gasteiger partial charge in [0.2, 0.25) is 0 Å². The van der Waals surface area contributed by atoms with Crippen molar-refractivity contribution in [1.82, 2.24) is 9.80 Å². The second-order valence-electron chi connectivity index (χ2n) is 7.11. The number of hydrogen-bond donors (Lipinski definition) is 0. The van der Waals surface area contributed by atoms with Gasteiger partial charge in [0.25, 0.3) is 0 Å². The molecule has 2 heterocycles. The van der Waals surface area contributed by atoms with Crippen LogP contribution in [0.15, 0.2) is 23.4 Å². The quantitative estimate of drug-likeness (QED) is 0.690. The lowest BCUT2D eigenvalue weighted by atomic mass is 10.1. The normalized spacial score (nSPS) is 29.7. The van der Waals surface area contributed by atoms with Crippen molar-refractivity contribution in [3.63, 3.8) is 0 Å². The van der Waals surface area contributed by atoms with Crippen molar-refractivity contribution in [1.29, 1.82) is 0 Å². The van der Waals surface area contributed by atoms with Crippen LogP contribution in [0, 0.1) is 0 Å². The maximum atomic E-state index is 12.2. The molecular weight excluding hydrogens is 252 g/mol. The third-order valence-corrected chi connectivity index (χ3v) is 4.22. The summed E-state index contributed by atoms with van der Waals surface area (Å²) in [5.41, 5.74) is 2.18. The SMILES string of the molecule is CC1=CC(N2CC3=C[C@H]2CN3C(=O)OC(C)(C)C)CC1. The molecule has 2 bridgehead atoms. The molecule has 4 nitrogen and oxygen atoms in total. The van der Waals surface area contributed by atoms with Gasteiger partial charge < -0.3 is 4.74 Å². The van der Waals surface area contributed by atoms with Crippen LogP contribution in [0.5, 0.6) is 0 Å². The fourth-order valence-electron chi connectivity index (χ4n) is 3.32. The van der Waals surface area contributed by atoms with E-state index in [2.05, 4.69) is 24.0 Å². The molecule has 0 spiro atoms. The number of piperazine rings is 1. The summed E-state index contributed by atoms with van der Waals surface area (Å²) < 4.78 is 5.47. The van der Waals surface area contributed by atoms with Crippen molar-refractivity contribution in [2.75, 3.05) is 13.1 Å². The third kappa shape index (κ3) is 2.49. The van der Waals surface area contributed by atoms with E-state index in [1.54, 1.807) is 4.90 Å². The Kier molecular flexibility index (Phi) is 3.16. The number of fused-ring (bicyclic) bond motifs is 1. The number of carbonyl (C=O) groups excluding carboxylic acids is 1. The highest BCUT2D eigenvalue weighted by Crippen LogP contribution is 2.35. The Morgan fingerprint density at radius 3 is 2.55 bits per heavy atom. The summed E-state index contributed by atoms with van der Waals surface area (Å²) in [4.78, 5) is 16.5. The first kappa shape index (κ1) is 13.7. The molecular formula is C16H24N2O2. The first-order valence-corrected chi connectivity index (χ1v) is 7.48. The van der Waals surface area contributed by atoms with Gasteiger partial charge in [0, 0.05) is 30.9 Å². The van der Waals surface area contributed by atoms with Gasteiger partial charge in [-0.15, -0.1) is 0 Å². The molecule has 0 aromatic heterocycles. The molecule has 0 saturated carbocycles. The molecule has 1 unspecified atom stereocenters. The van der Waals surface area contributed by atoms with Gasteiger partial charge in [-0.25, -0.2) is 4.79 Å². The maximum absolute atomic E-state index is 12.2. The summed E-state index contributed by atoms with van der Waals surface area (Å²) in [5.74, 6) is 0. The number of allylic oxidation sites excluding steroid dienone is 1. The monoisotopic (exact) mass is 276 g/mol. The lowest BCUT2D eigenvalue weighted by molar-refractivity contribution is 0.0235. The number of ether oxygens (including phenoxy) is 1. The van der Waals surface area contributed by atoms with E-state index in [1.807, 2.05) is 20.8 Å². The summed E-state index contributed by atoms with van der Waals surface area (Å²) in [5, 5.41) is 0. The van der Waals surface area contributed by atoms with E-state index >= 15 is 0 Å². The molecule has 2 atom stereocenters. The highest BCUT2D eigenvalue weighted by molar-refractivity contribution is 5.72. The number of hydrogen-bond acceptors (Lipinski definition) is 3. The Morgan fingerprint density at radius 2 is 2.05 bits per heavy atom. The van der Waals surface area contributed by atoms with E-state index < -0.39 is 5.60 Å². The summed E-state index contributed by atoms with van der Waals surface area (Å²) in [6, 6.07) is 0.916. The fourth-order valence-corrected chi connectivity index (χ4v) is 3.32. The summed E-state index contributed by atoms with van der Waals surface area (Å²) in [6.07, 6.45) is 6.83. The van der Waals surface area contributed by atoms with Gasteiger partial charge in [0.05, 0.1) is 0 Å². The van der Waals surface area contributed by atoms with Crippen molar-refractivity contribution in [3.8, 4) is 0 Å². The lowest BCUT2D eigenvalue weighted by Crippen LogP contribution is -2.50. The number of rotatable bonds is 1. The minimum Gasteiger partial charge on any atom is -0.443 e. The molecule has 0 aromatic carbocycles. The van der Waals surface area contributed by atoms with Crippen LogP contribution >= 0.6 is 0 Å². The minimum atomic E-state index is -0.426. The molecule has 1 amide bonds. The van der Waals surface area contributed by atoms with Crippen LogP contribution < -0.4 is 0 Å². The number of amides is 1. The van der Waals surface area contributed by atoms with Crippen molar-refractivity contribution in [2.24, 2.45) is 0 Å². The van der Waals surface area contributed by atoms with Crippen LogP contribution in [0.3, 0.4) is 0 Å². The summed E-state index contributed by atoms with van der Waals surface area (Å²) >= 11 is 0. The molecule has 3 rings (SSSR count). The maximum Gasteiger partial charge on any atom is 0.414 e. The van der Waals surface area contributed by atoms with E-state index in [0.717, 1.165) is 18.8 Å². The molecule has 20 heavy (non-hydrogen) atoms. The highest BCUT2D eigenvalue weighted by Gasteiger charge is 2.42. The van der Waals surface area contributed by atoms with Gasteiger partial charge in [-0.3, -0.25) is 9.80 Å². The number of carbonyl (C=O) groups is 1. The zero-order valence-electron chi connectivity index (χ0n) is 12.8. The van der Waals surface area contributed by atoms with Crippen LogP contribution in [0.2, 0.25) is 0 Å². The fraction of sp³-hybridized carbons (Fsp3) is 0.688. The van der Waals surface area contributed by atoms with Gasteiger partial charge in [0.15, 0.2) is 0 Å². The molecule has 1 aliphatic carbocycles. The topological polar surface area (TPSA) is 32.8 Å². The van der Waals surface area contributed by atoms with Gasteiger partial charge in [-0.1, -0.05) is 11.6 Å². The Hall–Kier alpha value is -1.29.